The number of ether oxygens (including phenoxy) is 1. The van der Waals surface area contributed by atoms with E-state index in [2.05, 4.69) is 19.9 Å². The summed E-state index contributed by atoms with van der Waals surface area (Å²) in [6.07, 6.45) is 0.432. The number of rotatable bonds is 2. The van der Waals surface area contributed by atoms with Crippen molar-refractivity contribution in [3.8, 4) is 0 Å². The fraction of sp³-hybridized carbons (Fsp3) is 1.00. The summed E-state index contributed by atoms with van der Waals surface area (Å²) >= 11 is 0.225. The summed E-state index contributed by atoms with van der Waals surface area (Å²) in [7, 11) is 0. The van der Waals surface area contributed by atoms with Crippen molar-refractivity contribution >= 4 is 0 Å². The van der Waals surface area contributed by atoms with E-state index in [1.54, 1.807) is 0 Å². The Hall–Kier alpha value is 0.610. The molecule has 2 bridgehead atoms. The maximum atomic E-state index is 5.72. The van der Waals surface area contributed by atoms with Crippen LogP contribution < -0.4 is 21.5 Å². The minimum atomic E-state index is 0.225. The summed E-state index contributed by atoms with van der Waals surface area (Å²) in [5.41, 5.74) is 0. The second-order valence-corrected chi connectivity index (χ2v) is 5.39. The van der Waals surface area contributed by atoms with Gasteiger partial charge in [0.2, 0.25) is 0 Å². The van der Waals surface area contributed by atoms with Crippen LogP contribution in [-0.4, -0.2) is 51.5 Å². The first-order valence-electron chi connectivity index (χ1n) is 4.47. The number of alkyl halides is 1. The zero-order valence-corrected chi connectivity index (χ0v) is 9.82. The molecular weight excluding hydrogens is 267 g/mol. The molecule has 12 heavy (non-hydrogen) atoms. The quantitative estimate of drug-likeness (QED) is 0.305. The standard InChI is InChI=1S/C8H16IN2O/c1-3-10-4-7-6-12-8(5-10)11(7)9-2/h7-8H,3-6H2,1-2H3/q-1. The van der Waals surface area contributed by atoms with Crippen molar-refractivity contribution in [1.82, 2.24) is 8.01 Å². The van der Waals surface area contributed by atoms with Crippen LogP contribution in [-0.2, 0) is 4.74 Å². The van der Waals surface area contributed by atoms with Crippen LogP contribution in [0.4, 0.5) is 0 Å². The number of piperazine rings is 1. The molecular formula is C8H16IN2O-. The van der Waals surface area contributed by atoms with E-state index < -0.39 is 0 Å². The average molecular weight is 283 g/mol. The molecule has 2 saturated heterocycles. The summed E-state index contributed by atoms with van der Waals surface area (Å²) in [6, 6.07) is 0.710. The Morgan fingerprint density at radius 3 is 2.92 bits per heavy atom. The van der Waals surface area contributed by atoms with E-state index >= 15 is 0 Å². The first-order valence-corrected chi connectivity index (χ1v) is 7.59. The molecule has 72 valence electrons. The van der Waals surface area contributed by atoms with Gasteiger partial charge in [0.05, 0.1) is 0 Å². The van der Waals surface area contributed by atoms with Crippen LogP contribution in [0.1, 0.15) is 6.92 Å². The molecule has 0 radical (unpaired) electrons. The van der Waals surface area contributed by atoms with Crippen molar-refractivity contribution in [2.24, 2.45) is 0 Å². The van der Waals surface area contributed by atoms with Crippen LogP contribution in [0.15, 0.2) is 0 Å². The monoisotopic (exact) mass is 283 g/mol. The topological polar surface area (TPSA) is 15.7 Å². The number of hydrogen-bond acceptors (Lipinski definition) is 3. The van der Waals surface area contributed by atoms with Crippen molar-refractivity contribution in [1.29, 1.82) is 0 Å². The van der Waals surface area contributed by atoms with Gasteiger partial charge >= 0.3 is 84.6 Å². The normalized spacial score (nSPS) is 37.8. The molecule has 2 aliphatic rings. The van der Waals surface area contributed by atoms with Crippen LogP contribution in [0.5, 0.6) is 0 Å². The summed E-state index contributed by atoms with van der Waals surface area (Å²) in [4.78, 5) is 4.83. The Balaban J connectivity index is 2.01. The predicted octanol–water partition coefficient (Wildman–Crippen LogP) is -3.02. The van der Waals surface area contributed by atoms with Gasteiger partial charge in [0, 0.05) is 0 Å². The number of halogens is 1. The molecule has 0 aliphatic carbocycles. The first-order chi connectivity index (χ1) is 5.85. The number of fused-ring (bicyclic) bond motifs is 2. The molecule has 4 heteroatoms. The molecule has 2 atom stereocenters. The zero-order chi connectivity index (χ0) is 8.55. The van der Waals surface area contributed by atoms with Gasteiger partial charge in [-0.3, -0.25) is 0 Å². The van der Waals surface area contributed by atoms with Gasteiger partial charge < -0.3 is 0 Å². The fourth-order valence-electron chi connectivity index (χ4n) is 1.96. The summed E-state index contributed by atoms with van der Waals surface area (Å²) < 4.78 is 8.31. The fourth-order valence-corrected chi connectivity index (χ4v) is 4.04. The Bertz CT molecular complexity index is 153. The van der Waals surface area contributed by atoms with Crippen molar-refractivity contribution in [2.45, 2.75) is 19.2 Å². The number of likely N-dealkylation sites (N-methyl/N-ethyl adjacent to an activating group) is 1. The van der Waals surface area contributed by atoms with Crippen LogP contribution >= 0.6 is 0 Å². The molecule has 2 fully saturated rings. The van der Waals surface area contributed by atoms with E-state index in [0.717, 1.165) is 13.2 Å². The second-order valence-electron chi connectivity index (χ2n) is 3.31. The molecule has 0 aromatic rings. The van der Waals surface area contributed by atoms with E-state index in [0.29, 0.717) is 12.3 Å². The van der Waals surface area contributed by atoms with E-state index in [1.807, 2.05) is 0 Å². The summed E-state index contributed by atoms with van der Waals surface area (Å²) in [6.45, 7) is 6.72. The van der Waals surface area contributed by atoms with E-state index in [1.165, 1.54) is 13.1 Å². The first kappa shape index (κ1) is 9.18. The molecule has 0 amide bonds. The Morgan fingerprint density at radius 2 is 2.33 bits per heavy atom. The molecule has 0 N–H and O–H groups in total. The molecule has 2 heterocycles. The van der Waals surface area contributed by atoms with Crippen LogP contribution in [0, 0.1) is 0 Å². The zero-order valence-electron chi connectivity index (χ0n) is 7.66. The van der Waals surface area contributed by atoms with Gasteiger partial charge in [0.25, 0.3) is 0 Å². The van der Waals surface area contributed by atoms with E-state index in [4.69, 9.17) is 4.74 Å². The molecule has 2 aliphatic heterocycles. The van der Waals surface area contributed by atoms with E-state index in [-0.39, 0.29) is 21.5 Å². The molecule has 2 unspecified atom stereocenters. The van der Waals surface area contributed by atoms with Gasteiger partial charge in [-0.25, -0.2) is 0 Å². The van der Waals surface area contributed by atoms with Gasteiger partial charge in [-0.1, -0.05) is 0 Å². The van der Waals surface area contributed by atoms with Gasteiger partial charge in [-0.05, 0) is 0 Å². The van der Waals surface area contributed by atoms with Crippen molar-refractivity contribution in [2.75, 3.05) is 31.2 Å². The van der Waals surface area contributed by atoms with Crippen LogP contribution in [0.25, 0.3) is 0 Å². The number of nitrogens with zero attached hydrogens (tertiary/aromatic N) is 2. The van der Waals surface area contributed by atoms with Gasteiger partial charge in [0.15, 0.2) is 0 Å². The van der Waals surface area contributed by atoms with Crippen LogP contribution in [0.2, 0.25) is 0 Å². The average Bonchev–Trinajstić information content (AvgIpc) is 2.35. The molecule has 0 aromatic carbocycles. The predicted molar refractivity (Wildman–Crippen MR) is 43.4 cm³/mol. The van der Waals surface area contributed by atoms with Gasteiger partial charge in [-0.2, -0.15) is 0 Å². The van der Waals surface area contributed by atoms with Crippen molar-refractivity contribution in [3.63, 3.8) is 0 Å². The van der Waals surface area contributed by atoms with Gasteiger partial charge in [-0.15, -0.1) is 0 Å². The SMILES string of the molecule is CCN1CC2COC(C1)N2[I-]C. The Morgan fingerprint density at radius 1 is 1.50 bits per heavy atom. The molecule has 0 aromatic heterocycles. The third-order valence-corrected chi connectivity index (χ3v) is 5.15. The summed E-state index contributed by atoms with van der Waals surface area (Å²) in [5.74, 6) is 0. The molecule has 0 spiro atoms. The third kappa shape index (κ3) is 1.49. The second kappa shape index (κ2) is 3.77. The Labute approximate surface area is 84.7 Å². The maximum absolute atomic E-state index is 5.72. The minimum absolute atomic E-state index is 0.225. The Kier molecular flexibility index (Phi) is 2.89. The van der Waals surface area contributed by atoms with Gasteiger partial charge in [0.1, 0.15) is 0 Å². The van der Waals surface area contributed by atoms with Crippen LogP contribution in [0.3, 0.4) is 0 Å². The van der Waals surface area contributed by atoms with Crippen molar-refractivity contribution in [3.05, 3.63) is 0 Å². The summed E-state index contributed by atoms with van der Waals surface area (Å²) in [5, 5.41) is 0. The molecule has 3 nitrogen and oxygen atoms in total. The molecule has 2 rings (SSSR count). The van der Waals surface area contributed by atoms with Crippen molar-refractivity contribution < 1.29 is 26.2 Å². The van der Waals surface area contributed by atoms with E-state index in [9.17, 15) is 0 Å². The molecule has 0 saturated carbocycles. The third-order valence-electron chi connectivity index (χ3n) is 2.63. The number of hydrogen-bond donors (Lipinski definition) is 0.